The minimum atomic E-state index is -3.78. The highest BCUT2D eigenvalue weighted by Gasteiger charge is 2.33. The van der Waals surface area contributed by atoms with Crippen LogP contribution >= 0.6 is 0 Å². The Morgan fingerprint density at radius 1 is 1.09 bits per heavy atom. The highest BCUT2D eigenvalue weighted by molar-refractivity contribution is 7.92. The quantitative estimate of drug-likeness (QED) is 0.563. The molecule has 0 bridgehead atoms. The van der Waals surface area contributed by atoms with Gasteiger partial charge in [-0.3, -0.25) is 0 Å². The van der Waals surface area contributed by atoms with Gasteiger partial charge in [0.25, 0.3) is 0 Å². The van der Waals surface area contributed by atoms with Gasteiger partial charge in [0, 0.05) is 10.9 Å². The predicted octanol–water partition coefficient (Wildman–Crippen LogP) is 2.80. The van der Waals surface area contributed by atoms with Crippen LogP contribution in [0.25, 0.3) is 10.9 Å². The molecule has 1 aromatic heterocycles. The Hall–Kier alpha value is -2.80. The first-order valence-electron chi connectivity index (χ1n) is 6.39. The Labute approximate surface area is 124 Å². The monoisotopic (exact) mass is 315 g/mol. The Balaban J connectivity index is 2.10. The standard InChI is InChI=1S/C15H9NO5S/c17-15(18)10-7-8-9(16-10)5-6-12-14(8)22(19,20)13-4-2-1-3-11(13)21-12/h1-7,16H,(H,17,18). The number of para-hydroxylation sites is 1. The van der Waals surface area contributed by atoms with Gasteiger partial charge in [-0.2, -0.15) is 0 Å². The molecule has 0 aliphatic carbocycles. The van der Waals surface area contributed by atoms with Crippen molar-refractivity contribution in [3.63, 3.8) is 0 Å². The zero-order valence-electron chi connectivity index (χ0n) is 11.0. The zero-order valence-corrected chi connectivity index (χ0v) is 11.8. The number of hydrogen-bond donors (Lipinski definition) is 2. The van der Waals surface area contributed by atoms with Crippen LogP contribution in [0.15, 0.2) is 52.3 Å². The normalized spacial score (nSPS) is 14.9. The summed E-state index contributed by atoms with van der Waals surface area (Å²) in [5, 5.41) is 9.38. The Morgan fingerprint density at radius 2 is 1.86 bits per heavy atom. The molecule has 4 rings (SSSR count). The third kappa shape index (κ3) is 1.59. The first kappa shape index (κ1) is 12.9. The van der Waals surface area contributed by atoms with Gasteiger partial charge in [0.05, 0.1) is 0 Å². The summed E-state index contributed by atoms with van der Waals surface area (Å²) >= 11 is 0. The van der Waals surface area contributed by atoms with Crippen molar-refractivity contribution in [2.75, 3.05) is 0 Å². The number of fused-ring (bicyclic) bond motifs is 4. The van der Waals surface area contributed by atoms with Crippen LogP contribution in [-0.4, -0.2) is 24.5 Å². The molecule has 7 heteroatoms. The molecule has 22 heavy (non-hydrogen) atoms. The fourth-order valence-corrected chi connectivity index (χ4v) is 4.30. The maximum atomic E-state index is 12.8. The van der Waals surface area contributed by atoms with Crippen molar-refractivity contribution in [3.05, 3.63) is 48.2 Å². The Bertz CT molecular complexity index is 1050. The van der Waals surface area contributed by atoms with E-state index >= 15 is 0 Å². The Kier molecular flexibility index (Phi) is 2.41. The lowest BCUT2D eigenvalue weighted by Crippen LogP contribution is -2.11. The number of carboxylic acids is 1. The van der Waals surface area contributed by atoms with E-state index in [4.69, 9.17) is 9.84 Å². The van der Waals surface area contributed by atoms with Crippen LogP contribution in [0.3, 0.4) is 0 Å². The second-order valence-corrected chi connectivity index (χ2v) is 6.75. The fourth-order valence-electron chi connectivity index (χ4n) is 2.62. The molecule has 0 saturated heterocycles. The average molecular weight is 315 g/mol. The number of aromatic amines is 1. The molecular weight excluding hydrogens is 306 g/mol. The SMILES string of the molecule is O=C(O)c1cc2c3c(ccc2[nH]1)Oc1ccccc1S3(=O)=O. The largest absolute Gasteiger partial charge is 0.477 e. The molecule has 0 saturated carbocycles. The van der Waals surface area contributed by atoms with Crippen LogP contribution in [0.1, 0.15) is 10.5 Å². The highest BCUT2D eigenvalue weighted by Crippen LogP contribution is 2.45. The van der Waals surface area contributed by atoms with E-state index in [9.17, 15) is 13.2 Å². The summed E-state index contributed by atoms with van der Waals surface area (Å²) < 4.78 is 31.3. The minimum Gasteiger partial charge on any atom is -0.477 e. The number of benzene rings is 2. The lowest BCUT2D eigenvalue weighted by Gasteiger charge is -2.20. The number of rotatable bonds is 1. The lowest BCUT2D eigenvalue weighted by atomic mass is 10.2. The van der Waals surface area contributed by atoms with Crippen molar-refractivity contribution in [3.8, 4) is 11.5 Å². The molecule has 110 valence electrons. The smallest absolute Gasteiger partial charge is 0.352 e. The third-order valence-electron chi connectivity index (χ3n) is 3.58. The van der Waals surface area contributed by atoms with Crippen molar-refractivity contribution < 1.29 is 23.1 Å². The first-order valence-corrected chi connectivity index (χ1v) is 7.88. The maximum absolute atomic E-state index is 12.8. The van der Waals surface area contributed by atoms with Gasteiger partial charge < -0.3 is 14.8 Å². The van der Waals surface area contributed by atoms with Crippen LogP contribution in [0, 0.1) is 0 Å². The van der Waals surface area contributed by atoms with Crippen molar-refractivity contribution in [2.24, 2.45) is 0 Å². The number of hydrogen-bond acceptors (Lipinski definition) is 4. The Morgan fingerprint density at radius 3 is 2.64 bits per heavy atom. The summed E-state index contributed by atoms with van der Waals surface area (Å²) in [6.45, 7) is 0. The van der Waals surface area contributed by atoms with Crippen molar-refractivity contribution in [1.82, 2.24) is 4.98 Å². The molecular formula is C15H9NO5S. The molecule has 1 aliphatic rings. The van der Waals surface area contributed by atoms with Crippen molar-refractivity contribution in [1.29, 1.82) is 0 Å². The maximum Gasteiger partial charge on any atom is 0.352 e. The molecule has 3 aromatic rings. The van der Waals surface area contributed by atoms with Crippen LogP contribution in [0.5, 0.6) is 11.5 Å². The molecule has 2 aromatic carbocycles. The fraction of sp³-hybridized carbons (Fsp3) is 0. The van der Waals surface area contributed by atoms with E-state index in [1.165, 1.54) is 18.2 Å². The zero-order chi connectivity index (χ0) is 15.5. The average Bonchev–Trinajstić information content (AvgIpc) is 2.91. The second-order valence-electron chi connectivity index (χ2n) is 4.89. The third-order valence-corrected chi connectivity index (χ3v) is 5.45. The van der Waals surface area contributed by atoms with Gasteiger partial charge in [-0.25, -0.2) is 13.2 Å². The predicted molar refractivity (Wildman–Crippen MR) is 77.2 cm³/mol. The molecule has 0 fully saturated rings. The minimum absolute atomic E-state index is 0.00699. The topological polar surface area (TPSA) is 96.5 Å². The summed E-state index contributed by atoms with van der Waals surface area (Å²) in [6, 6.07) is 10.8. The molecule has 0 unspecified atom stereocenters. The van der Waals surface area contributed by atoms with Crippen LogP contribution in [0.2, 0.25) is 0 Å². The molecule has 6 nitrogen and oxygen atoms in total. The van der Waals surface area contributed by atoms with Gasteiger partial charge in [0.15, 0.2) is 0 Å². The summed E-state index contributed by atoms with van der Waals surface area (Å²) in [4.78, 5) is 13.8. The summed E-state index contributed by atoms with van der Waals surface area (Å²) in [5.41, 5.74) is 0.361. The van der Waals surface area contributed by atoms with Gasteiger partial charge in [-0.05, 0) is 30.3 Å². The first-order chi connectivity index (χ1) is 10.5. The number of aromatic carboxylic acids is 1. The van der Waals surface area contributed by atoms with E-state index in [0.29, 0.717) is 10.9 Å². The number of sulfone groups is 1. The second kappa shape index (κ2) is 4.11. The van der Waals surface area contributed by atoms with Gasteiger partial charge in [0.1, 0.15) is 27.0 Å². The van der Waals surface area contributed by atoms with E-state index in [1.807, 2.05) is 0 Å². The van der Waals surface area contributed by atoms with E-state index in [0.717, 1.165) is 0 Å². The highest BCUT2D eigenvalue weighted by atomic mass is 32.2. The molecule has 2 N–H and O–H groups in total. The molecule has 1 aliphatic heterocycles. The van der Waals surface area contributed by atoms with E-state index < -0.39 is 15.8 Å². The number of nitrogens with one attached hydrogen (secondary N) is 1. The number of H-pyrrole nitrogens is 1. The van der Waals surface area contributed by atoms with Crippen LogP contribution in [0.4, 0.5) is 0 Å². The van der Waals surface area contributed by atoms with Gasteiger partial charge >= 0.3 is 5.97 Å². The van der Waals surface area contributed by atoms with Crippen LogP contribution in [-0.2, 0) is 9.84 Å². The molecule has 2 heterocycles. The van der Waals surface area contributed by atoms with Gasteiger partial charge in [0.2, 0.25) is 9.84 Å². The molecule has 0 amide bonds. The summed E-state index contributed by atoms with van der Waals surface area (Å²) in [6.07, 6.45) is 0. The summed E-state index contributed by atoms with van der Waals surface area (Å²) in [7, 11) is -3.78. The number of ether oxygens (including phenoxy) is 1. The number of carbonyl (C=O) groups is 1. The van der Waals surface area contributed by atoms with E-state index in [2.05, 4.69) is 4.98 Å². The van der Waals surface area contributed by atoms with E-state index in [1.54, 1.807) is 24.3 Å². The van der Waals surface area contributed by atoms with Gasteiger partial charge in [-0.15, -0.1) is 0 Å². The van der Waals surface area contributed by atoms with E-state index in [-0.39, 0.29) is 27.0 Å². The van der Waals surface area contributed by atoms with Crippen molar-refractivity contribution >= 4 is 26.7 Å². The van der Waals surface area contributed by atoms with Crippen LogP contribution < -0.4 is 4.74 Å². The lowest BCUT2D eigenvalue weighted by molar-refractivity contribution is 0.0691. The number of carboxylic acid groups (broad SMARTS) is 1. The van der Waals surface area contributed by atoms with Gasteiger partial charge in [-0.1, -0.05) is 12.1 Å². The number of aromatic nitrogens is 1. The molecule has 0 atom stereocenters. The van der Waals surface area contributed by atoms with Crippen molar-refractivity contribution in [2.45, 2.75) is 9.79 Å². The summed E-state index contributed by atoms with van der Waals surface area (Å²) in [5.74, 6) is -0.690. The molecule has 0 radical (unpaired) electrons. The molecule has 0 spiro atoms.